The van der Waals surface area contributed by atoms with E-state index in [1.54, 1.807) is 22.0 Å². The third-order valence-corrected chi connectivity index (χ3v) is 7.82. The van der Waals surface area contributed by atoms with Gasteiger partial charge in [-0.3, -0.25) is 4.79 Å². The fraction of sp³-hybridized carbons (Fsp3) is 0.348. The lowest BCUT2D eigenvalue weighted by Crippen LogP contribution is -2.49. The van der Waals surface area contributed by atoms with Gasteiger partial charge in [-0.2, -0.15) is 4.57 Å². The van der Waals surface area contributed by atoms with Crippen LogP contribution >= 0.6 is 23.1 Å². The van der Waals surface area contributed by atoms with E-state index in [1.807, 2.05) is 36.9 Å². The molecule has 0 aliphatic carbocycles. The Labute approximate surface area is 190 Å². The van der Waals surface area contributed by atoms with E-state index in [0.717, 1.165) is 33.7 Å². The fourth-order valence-electron chi connectivity index (χ4n) is 3.85. The Morgan fingerprint density at radius 3 is 2.58 bits per heavy atom. The summed E-state index contributed by atoms with van der Waals surface area (Å²) in [4.78, 5) is 35.5. The number of carbonyl (C=O) groups is 1. The number of benzene rings is 1. The number of piperazine rings is 1. The second-order valence-electron chi connectivity index (χ2n) is 7.61. The van der Waals surface area contributed by atoms with Gasteiger partial charge >= 0.3 is 10.7 Å². The van der Waals surface area contributed by atoms with Crippen LogP contribution < -0.4 is 15.4 Å². The molecule has 1 saturated heterocycles. The molecule has 31 heavy (non-hydrogen) atoms. The Hall–Kier alpha value is -2.58. The van der Waals surface area contributed by atoms with Crippen molar-refractivity contribution < 1.29 is 9.78 Å². The van der Waals surface area contributed by atoms with Gasteiger partial charge in [0.25, 0.3) is 0 Å². The molecule has 1 aliphatic rings. The highest BCUT2D eigenvalue weighted by Gasteiger charge is 2.25. The van der Waals surface area contributed by atoms with Crippen LogP contribution in [0.2, 0.25) is 0 Å². The van der Waals surface area contributed by atoms with Gasteiger partial charge in [-0.05, 0) is 43.3 Å². The van der Waals surface area contributed by atoms with Gasteiger partial charge in [0.05, 0.1) is 5.75 Å². The Bertz CT molecular complexity index is 1160. The number of para-hydroxylation sites is 1. The Morgan fingerprint density at radius 2 is 1.90 bits per heavy atom. The standard InChI is InChI=1S/C23H26N4O2S2/c1-4-10-27-22(29)20-16(2)17(3)31-21(20)24-23(27)30-15-19(28)26-13-11-25(12-14-26)18-8-6-5-7-9-18/h4-9H,1,10-15H2,2-3H3/p+1. The number of H-pyrrole nitrogens is 1. The number of aromatic nitrogens is 2. The second kappa shape index (κ2) is 9.28. The maximum absolute atomic E-state index is 13.1. The van der Waals surface area contributed by atoms with Gasteiger partial charge in [0.15, 0.2) is 4.83 Å². The third-order valence-electron chi connectivity index (χ3n) is 5.71. The molecule has 1 amide bonds. The average Bonchev–Trinajstić information content (AvgIpc) is 3.08. The number of carbonyl (C=O) groups excluding carboxylic acids is 1. The van der Waals surface area contributed by atoms with Crippen molar-refractivity contribution in [2.75, 3.05) is 36.8 Å². The molecule has 4 rings (SSSR count). The number of nitrogens with one attached hydrogen (secondary N) is 1. The van der Waals surface area contributed by atoms with Crippen LogP contribution in [-0.4, -0.2) is 47.3 Å². The van der Waals surface area contributed by atoms with Crippen molar-refractivity contribution >= 4 is 44.9 Å². The number of fused-ring (bicyclic) bond motifs is 1. The molecule has 0 unspecified atom stereocenters. The molecular formula is C23H27N4O2S2+. The van der Waals surface area contributed by atoms with Gasteiger partial charge in [-0.25, -0.2) is 9.78 Å². The molecule has 3 heterocycles. The van der Waals surface area contributed by atoms with Gasteiger partial charge in [0, 0.05) is 36.7 Å². The van der Waals surface area contributed by atoms with E-state index in [0.29, 0.717) is 30.5 Å². The largest absolute Gasteiger partial charge is 0.368 e. The summed E-state index contributed by atoms with van der Waals surface area (Å²) in [5, 5.41) is 1.44. The predicted octanol–water partition coefficient (Wildman–Crippen LogP) is 3.12. The Kier molecular flexibility index (Phi) is 6.48. The van der Waals surface area contributed by atoms with Crippen LogP contribution in [0.25, 0.3) is 10.2 Å². The van der Waals surface area contributed by atoms with E-state index in [1.165, 1.54) is 17.4 Å². The lowest BCUT2D eigenvalue weighted by atomic mass is 10.2. The lowest BCUT2D eigenvalue weighted by molar-refractivity contribution is -0.404. The van der Waals surface area contributed by atoms with Crippen molar-refractivity contribution in [3.63, 3.8) is 0 Å². The first-order valence-electron chi connectivity index (χ1n) is 10.4. The van der Waals surface area contributed by atoms with Crippen LogP contribution in [0.3, 0.4) is 0 Å². The molecule has 0 atom stereocenters. The first kappa shape index (κ1) is 21.6. The van der Waals surface area contributed by atoms with Gasteiger partial charge < -0.3 is 9.80 Å². The number of amides is 1. The van der Waals surface area contributed by atoms with Crippen LogP contribution in [0.5, 0.6) is 0 Å². The number of thioether (sulfide) groups is 1. The van der Waals surface area contributed by atoms with E-state index in [-0.39, 0.29) is 11.5 Å². The fourth-order valence-corrected chi connectivity index (χ4v) is 5.89. The highest BCUT2D eigenvalue weighted by molar-refractivity contribution is 7.99. The summed E-state index contributed by atoms with van der Waals surface area (Å²) < 4.78 is 1.68. The normalized spacial score (nSPS) is 14.3. The number of aromatic amines is 1. The zero-order valence-corrected chi connectivity index (χ0v) is 19.5. The number of aryl methyl sites for hydroxylation is 2. The molecular weight excluding hydrogens is 428 g/mol. The quantitative estimate of drug-likeness (QED) is 0.326. The van der Waals surface area contributed by atoms with E-state index >= 15 is 0 Å². The van der Waals surface area contributed by atoms with Crippen LogP contribution in [0, 0.1) is 13.8 Å². The SMILES string of the molecule is C=CCn1c(SCC(=O)N2CCN(c3ccccc3)CC2)[nH+]c2sc(C)c(C)c2c1=O. The van der Waals surface area contributed by atoms with Crippen LogP contribution in [0.4, 0.5) is 5.69 Å². The highest BCUT2D eigenvalue weighted by Crippen LogP contribution is 2.26. The maximum atomic E-state index is 13.1. The second-order valence-corrected chi connectivity index (χ2v) is 9.80. The minimum Gasteiger partial charge on any atom is -0.368 e. The van der Waals surface area contributed by atoms with Crippen molar-refractivity contribution in [3.8, 4) is 0 Å². The highest BCUT2D eigenvalue weighted by atomic mass is 32.2. The molecule has 1 N–H and O–H groups in total. The van der Waals surface area contributed by atoms with Gasteiger partial charge in [-0.1, -0.05) is 42.2 Å². The zero-order chi connectivity index (χ0) is 22.0. The molecule has 0 spiro atoms. The van der Waals surface area contributed by atoms with Crippen LogP contribution in [0.1, 0.15) is 10.4 Å². The van der Waals surface area contributed by atoms with Crippen molar-refractivity contribution in [1.29, 1.82) is 0 Å². The van der Waals surface area contributed by atoms with Crippen LogP contribution in [-0.2, 0) is 11.3 Å². The Morgan fingerprint density at radius 1 is 1.19 bits per heavy atom. The number of hydrogen-bond acceptors (Lipinski definition) is 5. The summed E-state index contributed by atoms with van der Waals surface area (Å²) in [5.41, 5.74) is 2.19. The van der Waals surface area contributed by atoms with Gasteiger partial charge in [-0.15, -0.1) is 0 Å². The first-order valence-corrected chi connectivity index (χ1v) is 12.2. The summed E-state index contributed by atoms with van der Waals surface area (Å²) in [6, 6.07) is 10.3. The number of hydrogen-bond donors (Lipinski definition) is 0. The molecule has 2 aromatic heterocycles. The van der Waals surface area contributed by atoms with Gasteiger partial charge in [0.2, 0.25) is 5.91 Å². The molecule has 1 fully saturated rings. The topological polar surface area (TPSA) is 59.7 Å². The monoisotopic (exact) mass is 455 g/mol. The minimum absolute atomic E-state index is 0.0260. The Balaban J connectivity index is 1.45. The average molecular weight is 456 g/mol. The summed E-state index contributed by atoms with van der Waals surface area (Å²) in [7, 11) is 0. The van der Waals surface area contributed by atoms with Crippen molar-refractivity contribution in [3.05, 3.63) is 63.8 Å². The summed E-state index contributed by atoms with van der Waals surface area (Å²) >= 11 is 2.98. The number of rotatable bonds is 6. The molecule has 162 valence electrons. The molecule has 0 radical (unpaired) electrons. The zero-order valence-electron chi connectivity index (χ0n) is 17.9. The molecule has 0 saturated carbocycles. The molecule has 6 nitrogen and oxygen atoms in total. The van der Waals surface area contributed by atoms with Crippen molar-refractivity contribution in [2.24, 2.45) is 0 Å². The van der Waals surface area contributed by atoms with E-state index in [4.69, 9.17) is 0 Å². The van der Waals surface area contributed by atoms with Crippen LogP contribution in [0.15, 0.2) is 52.9 Å². The number of thiophene rings is 1. The maximum Gasteiger partial charge on any atom is 0.347 e. The smallest absolute Gasteiger partial charge is 0.347 e. The first-order chi connectivity index (χ1) is 15.0. The van der Waals surface area contributed by atoms with Crippen molar-refractivity contribution in [1.82, 2.24) is 9.47 Å². The van der Waals surface area contributed by atoms with E-state index < -0.39 is 0 Å². The molecule has 0 bridgehead atoms. The molecule has 1 aromatic carbocycles. The van der Waals surface area contributed by atoms with E-state index in [9.17, 15) is 9.59 Å². The number of nitrogens with zero attached hydrogens (tertiary/aromatic N) is 3. The third kappa shape index (κ3) is 4.41. The minimum atomic E-state index is -0.0260. The van der Waals surface area contributed by atoms with Crippen molar-refractivity contribution in [2.45, 2.75) is 25.5 Å². The molecule has 1 aliphatic heterocycles. The number of anilines is 1. The predicted molar refractivity (Wildman–Crippen MR) is 128 cm³/mol. The molecule has 8 heteroatoms. The summed E-state index contributed by atoms with van der Waals surface area (Å²) in [6.45, 7) is 11.3. The summed E-state index contributed by atoms with van der Waals surface area (Å²) in [5.74, 6) is 0.398. The van der Waals surface area contributed by atoms with Gasteiger partial charge in [0.1, 0.15) is 11.9 Å². The number of allylic oxidation sites excluding steroid dienone is 1. The molecule has 3 aromatic rings. The lowest BCUT2D eigenvalue weighted by Gasteiger charge is -2.36. The van der Waals surface area contributed by atoms with E-state index in [2.05, 4.69) is 28.6 Å². The summed E-state index contributed by atoms with van der Waals surface area (Å²) in [6.07, 6.45) is 1.71.